The lowest BCUT2D eigenvalue weighted by Gasteiger charge is -2.08. The van der Waals surface area contributed by atoms with Crippen LogP contribution >= 0.6 is 0 Å². The molecular formula is C12H16O. The molecule has 0 aromatic heterocycles. The van der Waals surface area contributed by atoms with Crippen molar-refractivity contribution in [3.8, 4) is 0 Å². The topological polar surface area (TPSA) is 20.2 Å². The minimum atomic E-state index is -0.0336. The average Bonchev–Trinajstić information content (AvgIpc) is 2.53. The normalized spacial score (nSPS) is 27.8. The Morgan fingerprint density at radius 3 is 2.54 bits per heavy atom. The van der Waals surface area contributed by atoms with Crippen molar-refractivity contribution in [1.82, 2.24) is 0 Å². The van der Waals surface area contributed by atoms with Crippen LogP contribution in [0.1, 0.15) is 24.8 Å². The van der Waals surface area contributed by atoms with E-state index in [4.69, 9.17) is 0 Å². The predicted molar refractivity (Wildman–Crippen MR) is 53.5 cm³/mol. The van der Waals surface area contributed by atoms with E-state index in [1.165, 1.54) is 12.0 Å². The van der Waals surface area contributed by atoms with Gasteiger partial charge in [0, 0.05) is 0 Å². The summed E-state index contributed by atoms with van der Waals surface area (Å²) in [6.07, 6.45) is 4.29. The molecule has 1 aromatic carbocycles. The van der Waals surface area contributed by atoms with Gasteiger partial charge in [-0.15, -0.1) is 0 Å². The van der Waals surface area contributed by atoms with Crippen molar-refractivity contribution in [3.63, 3.8) is 0 Å². The zero-order valence-electron chi connectivity index (χ0n) is 7.82. The second-order valence-corrected chi connectivity index (χ2v) is 4.02. The van der Waals surface area contributed by atoms with Crippen LogP contribution in [-0.4, -0.2) is 11.2 Å². The number of hydrogen-bond acceptors (Lipinski definition) is 1. The highest BCUT2D eigenvalue weighted by molar-refractivity contribution is 5.15. The zero-order valence-corrected chi connectivity index (χ0v) is 7.82. The molecule has 0 bridgehead atoms. The van der Waals surface area contributed by atoms with Crippen LogP contribution in [0.4, 0.5) is 0 Å². The van der Waals surface area contributed by atoms with Gasteiger partial charge in [-0.05, 0) is 37.2 Å². The first-order chi connectivity index (χ1) is 6.34. The van der Waals surface area contributed by atoms with Crippen LogP contribution in [-0.2, 0) is 6.42 Å². The Hall–Kier alpha value is -0.820. The number of benzene rings is 1. The fourth-order valence-electron chi connectivity index (χ4n) is 2.18. The molecule has 0 amide bonds. The fourth-order valence-corrected chi connectivity index (χ4v) is 2.18. The van der Waals surface area contributed by atoms with Gasteiger partial charge >= 0.3 is 0 Å². The first-order valence-corrected chi connectivity index (χ1v) is 5.06. The lowest BCUT2D eigenvalue weighted by atomic mass is 9.98. The highest BCUT2D eigenvalue weighted by Crippen LogP contribution is 2.28. The van der Waals surface area contributed by atoms with Crippen molar-refractivity contribution in [1.29, 1.82) is 0 Å². The lowest BCUT2D eigenvalue weighted by Crippen LogP contribution is -2.02. The monoisotopic (exact) mass is 176 g/mol. The standard InChI is InChI=1S/C12H16O/c13-12-7-6-11(9-12)8-10-4-2-1-3-5-10/h1-5,11-13H,6-9H2/t11-,12?/m1/s1. The van der Waals surface area contributed by atoms with Gasteiger partial charge in [0.15, 0.2) is 0 Å². The van der Waals surface area contributed by atoms with Gasteiger partial charge in [-0.25, -0.2) is 0 Å². The van der Waals surface area contributed by atoms with Crippen LogP contribution in [0.25, 0.3) is 0 Å². The largest absolute Gasteiger partial charge is 0.393 e. The van der Waals surface area contributed by atoms with Crippen molar-refractivity contribution in [3.05, 3.63) is 35.9 Å². The lowest BCUT2D eigenvalue weighted by molar-refractivity contribution is 0.177. The third kappa shape index (κ3) is 2.31. The van der Waals surface area contributed by atoms with Crippen molar-refractivity contribution >= 4 is 0 Å². The van der Waals surface area contributed by atoms with Gasteiger partial charge in [0.05, 0.1) is 6.10 Å². The summed E-state index contributed by atoms with van der Waals surface area (Å²) in [5.41, 5.74) is 1.40. The molecule has 0 radical (unpaired) electrons. The molecular weight excluding hydrogens is 160 g/mol. The van der Waals surface area contributed by atoms with Gasteiger partial charge in [-0.3, -0.25) is 0 Å². The molecule has 1 heteroatoms. The van der Waals surface area contributed by atoms with Gasteiger partial charge in [0.25, 0.3) is 0 Å². The molecule has 0 aliphatic heterocycles. The first kappa shape index (κ1) is 8.76. The summed E-state index contributed by atoms with van der Waals surface area (Å²) >= 11 is 0. The van der Waals surface area contributed by atoms with Crippen molar-refractivity contribution in [2.45, 2.75) is 31.8 Å². The van der Waals surface area contributed by atoms with Gasteiger partial charge in [0.2, 0.25) is 0 Å². The van der Waals surface area contributed by atoms with Crippen molar-refractivity contribution < 1.29 is 5.11 Å². The Morgan fingerprint density at radius 2 is 1.92 bits per heavy atom. The SMILES string of the molecule is OC1CC[C@H](Cc2ccccc2)C1. The molecule has 0 spiro atoms. The molecule has 1 saturated carbocycles. The molecule has 70 valence electrons. The Morgan fingerprint density at radius 1 is 1.15 bits per heavy atom. The van der Waals surface area contributed by atoms with E-state index >= 15 is 0 Å². The second-order valence-electron chi connectivity index (χ2n) is 4.02. The maximum absolute atomic E-state index is 9.38. The summed E-state index contributed by atoms with van der Waals surface area (Å²) in [7, 11) is 0. The first-order valence-electron chi connectivity index (χ1n) is 5.06. The quantitative estimate of drug-likeness (QED) is 0.733. The van der Waals surface area contributed by atoms with E-state index in [-0.39, 0.29) is 6.10 Å². The fraction of sp³-hybridized carbons (Fsp3) is 0.500. The van der Waals surface area contributed by atoms with Crippen LogP contribution in [0.15, 0.2) is 30.3 Å². The Bertz CT molecular complexity index is 255. The summed E-state index contributed by atoms with van der Waals surface area (Å²) in [5.74, 6) is 0.706. The summed E-state index contributed by atoms with van der Waals surface area (Å²) < 4.78 is 0. The molecule has 1 nitrogen and oxygen atoms in total. The van der Waals surface area contributed by atoms with E-state index in [0.29, 0.717) is 5.92 Å². The van der Waals surface area contributed by atoms with Gasteiger partial charge in [0.1, 0.15) is 0 Å². The molecule has 1 fully saturated rings. The number of aliphatic hydroxyl groups excluding tert-OH is 1. The van der Waals surface area contributed by atoms with Crippen LogP contribution in [0.5, 0.6) is 0 Å². The molecule has 0 heterocycles. The smallest absolute Gasteiger partial charge is 0.0543 e. The third-order valence-corrected chi connectivity index (χ3v) is 2.88. The average molecular weight is 176 g/mol. The summed E-state index contributed by atoms with van der Waals surface area (Å²) in [6.45, 7) is 0. The zero-order chi connectivity index (χ0) is 9.10. The summed E-state index contributed by atoms with van der Waals surface area (Å²) in [4.78, 5) is 0. The highest BCUT2D eigenvalue weighted by atomic mass is 16.3. The molecule has 1 aliphatic carbocycles. The second kappa shape index (κ2) is 3.93. The van der Waals surface area contributed by atoms with E-state index in [9.17, 15) is 5.11 Å². The molecule has 1 N–H and O–H groups in total. The Labute approximate surface area is 79.4 Å². The molecule has 0 saturated heterocycles. The summed E-state index contributed by atoms with van der Waals surface area (Å²) in [6, 6.07) is 10.6. The molecule has 1 aliphatic rings. The Kier molecular flexibility index (Phi) is 2.65. The van der Waals surface area contributed by atoms with E-state index in [1.807, 2.05) is 6.07 Å². The minimum absolute atomic E-state index is 0.0336. The minimum Gasteiger partial charge on any atom is -0.393 e. The van der Waals surface area contributed by atoms with E-state index < -0.39 is 0 Å². The molecule has 13 heavy (non-hydrogen) atoms. The predicted octanol–water partition coefficient (Wildman–Crippen LogP) is 2.39. The van der Waals surface area contributed by atoms with Gasteiger partial charge in [-0.1, -0.05) is 30.3 Å². The van der Waals surface area contributed by atoms with Gasteiger partial charge < -0.3 is 5.11 Å². The van der Waals surface area contributed by atoms with Crippen molar-refractivity contribution in [2.75, 3.05) is 0 Å². The van der Waals surface area contributed by atoms with Crippen LogP contribution in [0, 0.1) is 5.92 Å². The van der Waals surface area contributed by atoms with Crippen molar-refractivity contribution in [2.24, 2.45) is 5.92 Å². The van der Waals surface area contributed by atoms with E-state index in [1.54, 1.807) is 0 Å². The van der Waals surface area contributed by atoms with E-state index in [0.717, 1.165) is 19.3 Å². The molecule has 2 rings (SSSR count). The number of aliphatic hydroxyl groups is 1. The van der Waals surface area contributed by atoms with Crippen LogP contribution in [0.3, 0.4) is 0 Å². The Balaban J connectivity index is 1.92. The summed E-state index contributed by atoms with van der Waals surface area (Å²) in [5, 5.41) is 9.38. The maximum atomic E-state index is 9.38. The highest BCUT2D eigenvalue weighted by Gasteiger charge is 2.22. The van der Waals surface area contributed by atoms with Gasteiger partial charge in [-0.2, -0.15) is 0 Å². The number of hydrogen-bond donors (Lipinski definition) is 1. The molecule has 1 unspecified atom stereocenters. The van der Waals surface area contributed by atoms with Crippen LogP contribution in [0.2, 0.25) is 0 Å². The molecule has 1 aromatic rings. The molecule has 2 atom stereocenters. The number of rotatable bonds is 2. The van der Waals surface area contributed by atoms with E-state index in [2.05, 4.69) is 24.3 Å². The maximum Gasteiger partial charge on any atom is 0.0543 e. The van der Waals surface area contributed by atoms with Crippen LogP contribution < -0.4 is 0 Å². The third-order valence-electron chi connectivity index (χ3n) is 2.88.